The van der Waals surface area contributed by atoms with E-state index in [1.165, 1.54) is 5.56 Å². The quantitative estimate of drug-likeness (QED) is 0.145. The summed E-state index contributed by atoms with van der Waals surface area (Å²) in [5.74, 6) is 13.2. The van der Waals surface area contributed by atoms with Crippen molar-refractivity contribution in [1.82, 2.24) is 10.3 Å². The second-order valence-electron chi connectivity index (χ2n) is 7.91. The number of hydrogen-bond acceptors (Lipinski definition) is 6. The highest BCUT2D eigenvalue weighted by Gasteiger charge is 2.13. The first-order chi connectivity index (χ1) is 16.6. The first-order valence-electron chi connectivity index (χ1n) is 11.4. The van der Waals surface area contributed by atoms with E-state index < -0.39 is 0 Å². The van der Waals surface area contributed by atoms with Crippen molar-refractivity contribution in [3.8, 4) is 16.9 Å². The van der Waals surface area contributed by atoms with Crippen LogP contribution in [-0.2, 0) is 6.54 Å². The Balaban J connectivity index is 1.79. The second-order valence-corrected chi connectivity index (χ2v) is 7.91. The van der Waals surface area contributed by atoms with Crippen LogP contribution in [0.15, 0.2) is 90.3 Å². The molecule has 0 aromatic heterocycles. The second kappa shape index (κ2) is 12.3. The molecule has 0 fully saturated rings. The predicted octanol–water partition coefficient (Wildman–Crippen LogP) is 4.63. The summed E-state index contributed by atoms with van der Waals surface area (Å²) in [7, 11) is 1.67. The van der Waals surface area contributed by atoms with Crippen LogP contribution in [0.3, 0.4) is 0 Å². The Labute approximate surface area is 202 Å². The van der Waals surface area contributed by atoms with Crippen LogP contribution in [0, 0.1) is 0 Å². The monoisotopic (exact) mass is 458 g/mol. The van der Waals surface area contributed by atoms with E-state index in [0.29, 0.717) is 5.84 Å². The van der Waals surface area contributed by atoms with E-state index in [1.54, 1.807) is 7.11 Å². The van der Waals surface area contributed by atoms with Crippen molar-refractivity contribution in [3.05, 3.63) is 96.3 Å². The zero-order valence-electron chi connectivity index (χ0n) is 19.9. The Bertz CT molecular complexity index is 1110. The zero-order valence-corrected chi connectivity index (χ0v) is 19.9. The minimum absolute atomic E-state index is 0.434. The highest BCUT2D eigenvalue weighted by molar-refractivity contribution is 6.04. The molecule has 7 heteroatoms. The van der Waals surface area contributed by atoms with Crippen molar-refractivity contribution in [3.63, 3.8) is 0 Å². The van der Waals surface area contributed by atoms with E-state index in [2.05, 4.69) is 58.5 Å². The van der Waals surface area contributed by atoms with Gasteiger partial charge in [0.2, 0.25) is 0 Å². The van der Waals surface area contributed by atoms with E-state index in [9.17, 15) is 0 Å². The maximum absolute atomic E-state index is 5.59. The van der Waals surface area contributed by atoms with Crippen LogP contribution in [0.2, 0.25) is 0 Å². The minimum Gasteiger partial charge on any atom is -0.495 e. The number of para-hydroxylation sites is 2. The van der Waals surface area contributed by atoms with Crippen molar-refractivity contribution >= 4 is 11.5 Å². The van der Waals surface area contributed by atoms with Gasteiger partial charge in [-0.1, -0.05) is 80.6 Å². The van der Waals surface area contributed by atoms with E-state index in [1.807, 2.05) is 48.5 Å². The number of hydrazine groups is 1. The molecule has 0 amide bonds. The Hall–Kier alpha value is -3.97. The Morgan fingerprint density at radius 1 is 1.03 bits per heavy atom. The smallest absolute Gasteiger partial charge is 0.167 e. The normalized spacial score (nSPS) is 11.1. The van der Waals surface area contributed by atoms with Gasteiger partial charge in [-0.3, -0.25) is 0 Å². The van der Waals surface area contributed by atoms with E-state index >= 15 is 0 Å². The molecule has 0 bridgehead atoms. The molecule has 0 aliphatic rings. The Morgan fingerprint density at radius 3 is 2.41 bits per heavy atom. The van der Waals surface area contributed by atoms with Crippen LogP contribution in [0.25, 0.3) is 11.1 Å². The molecule has 0 atom stereocenters. The predicted molar refractivity (Wildman–Crippen MR) is 141 cm³/mol. The molecule has 0 spiro atoms. The average molecular weight is 459 g/mol. The molecular weight excluding hydrogens is 424 g/mol. The number of rotatable bonds is 11. The molecule has 178 valence electrons. The maximum Gasteiger partial charge on any atom is 0.167 e. The molecule has 7 nitrogen and oxygen atoms in total. The van der Waals surface area contributed by atoms with Crippen molar-refractivity contribution in [1.29, 1.82) is 0 Å². The topological polar surface area (TPSA) is 101 Å². The number of nitrogens with one attached hydrogen (secondary N) is 2. The molecule has 6 N–H and O–H groups in total. The molecule has 0 unspecified atom stereocenters. The first-order valence-corrected chi connectivity index (χ1v) is 11.4. The van der Waals surface area contributed by atoms with Gasteiger partial charge in [-0.15, -0.1) is 0 Å². The van der Waals surface area contributed by atoms with Gasteiger partial charge in [0.15, 0.2) is 5.84 Å². The maximum atomic E-state index is 5.59. The summed E-state index contributed by atoms with van der Waals surface area (Å²) in [5.41, 5.74) is 7.56. The number of ether oxygens (including phenoxy) is 1. The van der Waals surface area contributed by atoms with Gasteiger partial charge in [-0.25, -0.2) is 5.84 Å². The van der Waals surface area contributed by atoms with Gasteiger partial charge in [0.05, 0.1) is 18.6 Å². The molecule has 0 aliphatic carbocycles. The lowest BCUT2D eigenvalue weighted by Gasteiger charge is -2.28. The van der Waals surface area contributed by atoms with Gasteiger partial charge in [-0.2, -0.15) is 5.10 Å². The van der Waals surface area contributed by atoms with Crippen LogP contribution in [0.1, 0.15) is 30.9 Å². The first kappa shape index (κ1) is 24.7. The number of amidine groups is 1. The van der Waals surface area contributed by atoms with Gasteiger partial charge in [0.25, 0.3) is 0 Å². The van der Waals surface area contributed by atoms with Crippen molar-refractivity contribution in [2.75, 3.05) is 19.0 Å². The molecule has 3 rings (SSSR count). The Kier molecular flexibility index (Phi) is 8.94. The fourth-order valence-electron chi connectivity index (χ4n) is 3.78. The van der Waals surface area contributed by atoms with E-state index in [4.69, 9.17) is 16.4 Å². The number of anilines is 1. The van der Waals surface area contributed by atoms with Crippen LogP contribution in [0.4, 0.5) is 5.69 Å². The molecule has 0 aliphatic heterocycles. The van der Waals surface area contributed by atoms with Crippen LogP contribution >= 0.6 is 0 Å². The third kappa shape index (κ3) is 6.08. The highest BCUT2D eigenvalue weighted by Crippen LogP contribution is 2.27. The standard InChI is InChI=1S/C27H34N6O/c1-4-5-18-33(20(2)30-25-12-8-9-13-26(25)34-3)19-21-14-16-22(17-15-21)23-10-6-7-11-24(23)27(31-28)32-29/h6-17,30H,2,4-5,18-19,28-29H2,1,3H3,(H,31,32). The van der Waals surface area contributed by atoms with Gasteiger partial charge >= 0.3 is 0 Å². The Morgan fingerprint density at radius 2 is 1.74 bits per heavy atom. The summed E-state index contributed by atoms with van der Waals surface area (Å²) in [4.78, 5) is 2.26. The van der Waals surface area contributed by atoms with Crippen LogP contribution < -0.4 is 27.2 Å². The summed E-state index contributed by atoms with van der Waals surface area (Å²) in [5, 5.41) is 7.19. The average Bonchev–Trinajstić information content (AvgIpc) is 2.88. The van der Waals surface area contributed by atoms with Gasteiger partial charge < -0.3 is 26.2 Å². The largest absolute Gasteiger partial charge is 0.495 e. The van der Waals surface area contributed by atoms with Crippen LogP contribution in [-0.4, -0.2) is 24.4 Å². The SMILES string of the molecule is C=C(Nc1ccccc1OC)N(CCCC)Cc1ccc(-c2ccccc2/C(=N/N)NN)cc1. The van der Waals surface area contributed by atoms with E-state index in [0.717, 1.165) is 59.9 Å². The molecule has 0 saturated heterocycles. The summed E-state index contributed by atoms with van der Waals surface area (Å²) in [6.07, 6.45) is 2.18. The van der Waals surface area contributed by atoms with Gasteiger partial charge in [0.1, 0.15) is 5.75 Å². The fourth-order valence-corrected chi connectivity index (χ4v) is 3.78. The third-order valence-corrected chi connectivity index (χ3v) is 5.64. The number of hydrogen-bond donors (Lipinski definition) is 4. The number of nitrogens with zero attached hydrogens (tertiary/aromatic N) is 2. The van der Waals surface area contributed by atoms with Crippen LogP contribution in [0.5, 0.6) is 5.75 Å². The fraction of sp³-hybridized carbons (Fsp3) is 0.222. The lowest BCUT2D eigenvalue weighted by Crippen LogP contribution is -2.32. The van der Waals surface area contributed by atoms with Gasteiger partial charge in [-0.05, 0) is 35.2 Å². The molecule has 3 aromatic carbocycles. The zero-order chi connectivity index (χ0) is 24.3. The molecular formula is C27H34N6O. The van der Waals surface area contributed by atoms with Crippen molar-refractivity contribution < 1.29 is 4.74 Å². The minimum atomic E-state index is 0.434. The number of methoxy groups -OCH3 is 1. The summed E-state index contributed by atoms with van der Waals surface area (Å²) >= 11 is 0. The van der Waals surface area contributed by atoms with Gasteiger partial charge in [0, 0.05) is 18.7 Å². The number of hydrazone groups is 1. The van der Waals surface area contributed by atoms with E-state index in [-0.39, 0.29) is 0 Å². The van der Waals surface area contributed by atoms with Crippen molar-refractivity contribution in [2.45, 2.75) is 26.3 Å². The molecule has 3 aromatic rings. The molecule has 0 saturated carbocycles. The highest BCUT2D eigenvalue weighted by atomic mass is 16.5. The number of nitrogens with two attached hydrogens (primary N) is 2. The number of benzene rings is 3. The lowest BCUT2D eigenvalue weighted by molar-refractivity contribution is 0.334. The summed E-state index contributed by atoms with van der Waals surface area (Å²) in [6.45, 7) is 8.14. The summed E-state index contributed by atoms with van der Waals surface area (Å²) < 4.78 is 5.47. The molecule has 34 heavy (non-hydrogen) atoms. The number of unbranched alkanes of at least 4 members (excludes halogenated alkanes) is 1. The third-order valence-electron chi connectivity index (χ3n) is 5.64. The molecule has 0 heterocycles. The lowest BCUT2D eigenvalue weighted by atomic mass is 9.98. The summed E-state index contributed by atoms with van der Waals surface area (Å²) in [6, 6.07) is 24.2. The molecule has 0 radical (unpaired) electrons. The van der Waals surface area contributed by atoms with Crippen molar-refractivity contribution in [2.24, 2.45) is 16.8 Å².